The van der Waals surface area contributed by atoms with Crippen LogP contribution >= 0.6 is 11.6 Å². The van der Waals surface area contributed by atoms with E-state index in [2.05, 4.69) is 0 Å². The van der Waals surface area contributed by atoms with Crippen LogP contribution in [0.5, 0.6) is 11.5 Å². The van der Waals surface area contributed by atoms with E-state index in [9.17, 15) is 0 Å². The number of aryl methyl sites for hydroxylation is 1. The number of hydrogen-bond acceptors (Lipinski definition) is 3. The maximum Gasteiger partial charge on any atom is 0.128 e. The average Bonchev–Trinajstić information content (AvgIpc) is 2.15. The van der Waals surface area contributed by atoms with E-state index in [0.717, 1.165) is 16.9 Å². The van der Waals surface area contributed by atoms with Crippen molar-refractivity contribution in [2.24, 2.45) is 5.73 Å². The third-order valence-corrected chi connectivity index (χ3v) is 2.27. The van der Waals surface area contributed by atoms with E-state index >= 15 is 0 Å². The van der Waals surface area contributed by atoms with Crippen LogP contribution in [0.2, 0.25) is 0 Å². The normalized spacial score (nSPS) is 12.4. The number of nitrogens with two attached hydrogens (primary N) is 1. The quantitative estimate of drug-likeness (QED) is 0.621. The zero-order valence-corrected chi connectivity index (χ0v) is 9.26. The van der Waals surface area contributed by atoms with Crippen molar-refractivity contribution in [3.8, 4) is 11.5 Å². The molecule has 0 radical (unpaired) electrons. The molecule has 1 atom stereocenters. The van der Waals surface area contributed by atoms with Crippen molar-refractivity contribution in [1.82, 2.24) is 0 Å². The first-order valence-electron chi connectivity index (χ1n) is 4.22. The van der Waals surface area contributed by atoms with Gasteiger partial charge in [-0.05, 0) is 18.6 Å². The van der Waals surface area contributed by atoms with Crippen molar-refractivity contribution in [2.45, 2.75) is 12.4 Å². The summed E-state index contributed by atoms with van der Waals surface area (Å²) < 4.78 is 10.3. The summed E-state index contributed by atoms with van der Waals surface area (Å²) in [6.07, 6.45) is 0. The lowest BCUT2D eigenvalue weighted by Gasteiger charge is -2.14. The molecule has 3 nitrogen and oxygen atoms in total. The zero-order chi connectivity index (χ0) is 10.7. The molecular formula is C10H14ClNO2. The summed E-state index contributed by atoms with van der Waals surface area (Å²) in [6.45, 7) is 1.92. The van der Waals surface area contributed by atoms with E-state index in [4.69, 9.17) is 26.8 Å². The Balaban J connectivity index is 3.27. The summed E-state index contributed by atoms with van der Waals surface area (Å²) in [6, 6.07) is 3.64. The topological polar surface area (TPSA) is 44.5 Å². The fourth-order valence-corrected chi connectivity index (χ4v) is 1.65. The molecule has 0 aliphatic heterocycles. The molecule has 1 unspecified atom stereocenters. The molecule has 2 N–H and O–H groups in total. The summed E-state index contributed by atoms with van der Waals surface area (Å²) in [5, 5.41) is 0. The summed E-state index contributed by atoms with van der Waals surface area (Å²) in [7, 11) is 3.19. The van der Waals surface area contributed by atoms with E-state index in [-0.39, 0.29) is 0 Å². The van der Waals surface area contributed by atoms with Crippen LogP contribution in [0.15, 0.2) is 12.1 Å². The highest BCUT2D eigenvalue weighted by Crippen LogP contribution is 2.33. The molecule has 0 aromatic heterocycles. The molecule has 4 heteroatoms. The molecule has 0 saturated heterocycles. The number of methoxy groups -OCH3 is 2. The molecule has 0 aliphatic rings. The first-order chi connectivity index (χ1) is 6.60. The second kappa shape index (κ2) is 4.53. The number of rotatable bonds is 3. The molecule has 1 rings (SSSR count). The Morgan fingerprint density at radius 1 is 1.29 bits per heavy atom. The Labute approximate surface area is 88.8 Å². The Morgan fingerprint density at radius 3 is 2.36 bits per heavy atom. The predicted molar refractivity (Wildman–Crippen MR) is 57.1 cm³/mol. The fourth-order valence-electron chi connectivity index (χ4n) is 1.37. The van der Waals surface area contributed by atoms with Gasteiger partial charge >= 0.3 is 0 Å². The number of hydrogen-bond donors (Lipinski definition) is 1. The van der Waals surface area contributed by atoms with Crippen molar-refractivity contribution >= 4 is 11.6 Å². The molecule has 1 aromatic carbocycles. The molecule has 78 valence electrons. The minimum absolute atomic E-state index is 0.559. The lowest BCUT2D eigenvalue weighted by molar-refractivity contribution is 0.390. The van der Waals surface area contributed by atoms with Gasteiger partial charge in [0.05, 0.1) is 14.2 Å². The van der Waals surface area contributed by atoms with Crippen LogP contribution in [0.1, 0.15) is 16.6 Å². The number of alkyl halides is 1. The van der Waals surface area contributed by atoms with Gasteiger partial charge in [-0.3, -0.25) is 0 Å². The molecule has 1 aromatic rings. The summed E-state index contributed by atoms with van der Waals surface area (Å²) in [5.41, 5.74) is 6.83. The average molecular weight is 216 g/mol. The largest absolute Gasteiger partial charge is 0.497 e. The van der Waals surface area contributed by atoms with Gasteiger partial charge in [-0.2, -0.15) is 0 Å². The lowest BCUT2D eigenvalue weighted by atomic mass is 10.1. The molecule has 0 bridgehead atoms. The van der Waals surface area contributed by atoms with Crippen LogP contribution in [0, 0.1) is 6.92 Å². The van der Waals surface area contributed by atoms with Crippen LogP contribution in [-0.2, 0) is 0 Å². The van der Waals surface area contributed by atoms with Gasteiger partial charge in [0.2, 0.25) is 0 Å². The Bertz CT molecular complexity index is 326. The number of benzene rings is 1. The van der Waals surface area contributed by atoms with E-state index in [1.165, 1.54) is 0 Å². The van der Waals surface area contributed by atoms with E-state index in [1.54, 1.807) is 20.3 Å². The Morgan fingerprint density at radius 2 is 1.93 bits per heavy atom. The van der Waals surface area contributed by atoms with Crippen LogP contribution in [0.3, 0.4) is 0 Å². The van der Waals surface area contributed by atoms with Gasteiger partial charge in [0.15, 0.2) is 0 Å². The smallest absolute Gasteiger partial charge is 0.128 e. The Hall–Kier alpha value is -0.930. The molecule has 0 amide bonds. The number of halogens is 1. The second-order valence-corrected chi connectivity index (χ2v) is 3.43. The highest BCUT2D eigenvalue weighted by molar-refractivity contribution is 6.20. The molecule has 0 spiro atoms. The zero-order valence-electron chi connectivity index (χ0n) is 8.50. The SMILES string of the molecule is COc1cc(C)c(C(N)Cl)c(OC)c1. The molecule has 14 heavy (non-hydrogen) atoms. The highest BCUT2D eigenvalue weighted by atomic mass is 35.5. The molecular weight excluding hydrogens is 202 g/mol. The standard InChI is InChI=1S/C10H14ClNO2/c1-6-4-7(13-2)5-8(14-3)9(6)10(11)12/h4-5,10H,12H2,1-3H3. The number of ether oxygens (including phenoxy) is 2. The summed E-state index contributed by atoms with van der Waals surface area (Å²) >= 11 is 5.84. The van der Waals surface area contributed by atoms with E-state index in [0.29, 0.717) is 5.75 Å². The fraction of sp³-hybridized carbons (Fsp3) is 0.400. The van der Waals surface area contributed by atoms with Crippen molar-refractivity contribution in [2.75, 3.05) is 14.2 Å². The van der Waals surface area contributed by atoms with Gasteiger partial charge in [0, 0.05) is 11.6 Å². The first-order valence-corrected chi connectivity index (χ1v) is 4.66. The minimum atomic E-state index is -0.559. The minimum Gasteiger partial charge on any atom is -0.497 e. The van der Waals surface area contributed by atoms with Crippen LogP contribution in [0.4, 0.5) is 0 Å². The van der Waals surface area contributed by atoms with Gasteiger partial charge < -0.3 is 15.2 Å². The summed E-state index contributed by atoms with van der Waals surface area (Å²) in [5.74, 6) is 1.39. The maximum atomic E-state index is 5.84. The van der Waals surface area contributed by atoms with Crippen molar-refractivity contribution in [1.29, 1.82) is 0 Å². The molecule has 0 heterocycles. The summed E-state index contributed by atoms with van der Waals surface area (Å²) in [4.78, 5) is 0. The van der Waals surface area contributed by atoms with Crippen LogP contribution < -0.4 is 15.2 Å². The molecule has 0 aliphatic carbocycles. The van der Waals surface area contributed by atoms with E-state index < -0.39 is 5.50 Å². The monoisotopic (exact) mass is 215 g/mol. The lowest BCUT2D eigenvalue weighted by Crippen LogP contribution is -2.07. The van der Waals surface area contributed by atoms with Crippen LogP contribution in [-0.4, -0.2) is 14.2 Å². The third-order valence-electron chi connectivity index (χ3n) is 2.05. The van der Waals surface area contributed by atoms with Gasteiger partial charge in [-0.25, -0.2) is 0 Å². The van der Waals surface area contributed by atoms with Gasteiger partial charge in [-0.15, -0.1) is 11.6 Å². The highest BCUT2D eigenvalue weighted by Gasteiger charge is 2.13. The molecule has 0 saturated carbocycles. The molecule has 0 fully saturated rings. The van der Waals surface area contributed by atoms with Gasteiger partial charge in [-0.1, -0.05) is 0 Å². The van der Waals surface area contributed by atoms with E-state index in [1.807, 2.05) is 13.0 Å². The van der Waals surface area contributed by atoms with Crippen molar-refractivity contribution < 1.29 is 9.47 Å². The third kappa shape index (κ3) is 2.11. The van der Waals surface area contributed by atoms with Crippen LogP contribution in [0.25, 0.3) is 0 Å². The predicted octanol–water partition coefficient (Wildman–Crippen LogP) is 2.21. The maximum absolute atomic E-state index is 5.84. The van der Waals surface area contributed by atoms with Crippen molar-refractivity contribution in [3.05, 3.63) is 23.3 Å². The second-order valence-electron chi connectivity index (χ2n) is 2.96. The van der Waals surface area contributed by atoms with Crippen molar-refractivity contribution in [3.63, 3.8) is 0 Å². The van der Waals surface area contributed by atoms with Gasteiger partial charge in [0.25, 0.3) is 0 Å². The first kappa shape index (κ1) is 11.1. The van der Waals surface area contributed by atoms with Gasteiger partial charge in [0.1, 0.15) is 17.0 Å². The Kier molecular flexibility index (Phi) is 3.61.